The summed E-state index contributed by atoms with van der Waals surface area (Å²) in [6, 6.07) is 6.81. The molecule has 1 N–H and O–H groups in total. The van der Waals surface area contributed by atoms with E-state index in [-0.39, 0.29) is 30.1 Å². The van der Waals surface area contributed by atoms with Crippen molar-refractivity contribution in [3.05, 3.63) is 63.1 Å². The summed E-state index contributed by atoms with van der Waals surface area (Å²) in [6.07, 6.45) is 2.17. The number of esters is 1. The lowest BCUT2D eigenvalue weighted by molar-refractivity contribution is -0.116. The fraction of sp³-hybridized carbons (Fsp3) is 0.350. The smallest absolute Gasteiger partial charge is 0.338 e. The molecule has 1 amide bonds. The highest BCUT2D eigenvalue weighted by Gasteiger charge is 2.10. The highest BCUT2D eigenvalue weighted by molar-refractivity contribution is 5.92. The van der Waals surface area contributed by atoms with E-state index in [0.29, 0.717) is 6.42 Å². The predicted octanol–water partition coefficient (Wildman–Crippen LogP) is 2.89. The van der Waals surface area contributed by atoms with Crippen LogP contribution in [-0.4, -0.2) is 23.1 Å². The Kier molecular flexibility index (Phi) is 6.33. The lowest BCUT2D eigenvalue weighted by atomic mass is 10.0. The van der Waals surface area contributed by atoms with Gasteiger partial charge in [0.1, 0.15) is 0 Å². The van der Waals surface area contributed by atoms with E-state index in [4.69, 9.17) is 4.74 Å². The molecule has 0 aliphatic carbocycles. The molecule has 1 heterocycles. The normalized spacial score (nSPS) is 10.5. The third kappa shape index (κ3) is 5.05. The van der Waals surface area contributed by atoms with Crippen LogP contribution in [0.25, 0.3) is 0 Å². The molecule has 0 spiro atoms. The number of rotatable bonds is 6. The third-order valence-corrected chi connectivity index (χ3v) is 4.06. The first-order valence-corrected chi connectivity index (χ1v) is 8.49. The first-order valence-electron chi connectivity index (χ1n) is 8.49. The van der Waals surface area contributed by atoms with Crippen molar-refractivity contribution >= 4 is 17.6 Å². The van der Waals surface area contributed by atoms with Crippen LogP contribution in [-0.2, 0) is 16.6 Å². The Morgan fingerprint density at radius 2 is 1.77 bits per heavy atom. The molecule has 0 atom stereocenters. The van der Waals surface area contributed by atoms with Crippen LogP contribution in [0.15, 0.2) is 35.3 Å². The SMILES string of the molecule is Cc1cc(C)c(NC(=O)CCCOC(=O)c2ccn(C)c(=O)c2)c(C)c1. The Morgan fingerprint density at radius 3 is 2.38 bits per heavy atom. The van der Waals surface area contributed by atoms with E-state index in [0.717, 1.165) is 22.4 Å². The van der Waals surface area contributed by atoms with Crippen LogP contribution < -0.4 is 10.9 Å². The number of ether oxygens (including phenoxy) is 1. The van der Waals surface area contributed by atoms with Crippen LogP contribution in [0, 0.1) is 20.8 Å². The zero-order valence-electron chi connectivity index (χ0n) is 15.6. The lowest BCUT2D eigenvalue weighted by Crippen LogP contribution is -2.18. The van der Waals surface area contributed by atoms with Crippen molar-refractivity contribution in [1.29, 1.82) is 0 Å². The van der Waals surface area contributed by atoms with E-state index >= 15 is 0 Å². The van der Waals surface area contributed by atoms with E-state index in [1.165, 1.54) is 22.9 Å². The third-order valence-electron chi connectivity index (χ3n) is 4.06. The van der Waals surface area contributed by atoms with Gasteiger partial charge in [-0.1, -0.05) is 17.7 Å². The Balaban J connectivity index is 1.81. The van der Waals surface area contributed by atoms with Crippen LogP contribution in [0.3, 0.4) is 0 Å². The number of hydrogen-bond acceptors (Lipinski definition) is 4. The van der Waals surface area contributed by atoms with Gasteiger partial charge in [0.15, 0.2) is 0 Å². The number of nitrogens with one attached hydrogen (secondary N) is 1. The number of aromatic nitrogens is 1. The molecule has 1 aromatic heterocycles. The van der Waals surface area contributed by atoms with E-state index in [2.05, 4.69) is 5.32 Å². The molecule has 1 aromatic carbocycles. The van der Waals surface area contributed by atoms with Crippen molar-refractivity contribution in [2.24, 2.45) is 7.05 Å². The van der Waals surface area contributed by atoms with Crippen molar-refractivity contribution in [3.8, 4) is 0 Å². The molecule has 6 heteroatoms. The number of carbonyl (C=O) groups is 2. The second-order valence-corrected chi connectivity index (χ2v) is 6.43. The summed E-state index contributed by atoms with van der Waals surface area (Å²) in [5.41, 5.74) is 3.96. The largest absolute Gasteiger partial charge is 0.462 e. The monoisotopic (exact) mass is 356 g/mol. The highest BCUT2D eigenvalue weighted by atomic mass is 16.5. The Hall–Kier alpha value is -2.89. The molecule has 0 unspecified atom stereocenters. The molecule has 138 valence electrons. The van der Waals surface area contributed by atoms with Crippen molar-refractivity contribution in [2.45, 2.75) is 33.6 Å². The standard InChI is InChI=1S/C20H24N2O4/c1-13-10-14(2)19(15(3)11-13)21-17(23)6-5-9-26-20(25)16-7-8-22(4)18(24)12-16/h7-8,10-12H,5-6,9H2,1-4H3,(H,21,23). The number of aryl methyl sites for hydroxylation is 4. The van der Waals surface area contributed by atoms with E-state index in [1.807, 2.05) is 32.9 Å². The van der Waals surface area contributed by atoms with Crippen LogP contribution in [0.1, 0.15) is 39.9 Å². The maximum absolute atomic E-state index is 12.1. The maximum Gasteiger partial charge on any atom is 0.338 e. The zero-order valence-corrected chi connectivity index (χ0v) is 15.6. The minimum atomic E-state index is -0.562. The van der Waals surface area contributed by atoms with Crippen molar-refractivity contribution in [1.82, 2.24) is 4.57 Å². The number of nitrogens with zero attached hydrogens (tertiary/aromatic N) is 1. The van der Waals surface area contributed by atoms with Gasteiger partial charge >= 0.3 is 5.97 Å². The molecule has 0 saturated carbocycles. The summed E-state index contributed by atoms with van der Waals surface area (Å²) in [5.74, 6) is -0.682. The lowest BCUT2D eigenvalue weighted by Gasteiger charge is -2.13. The van der Waals surface area contributed by atoms with Crippen LogP contribution >= 0.6 is 0 Å². The van der Waals surface area contributed by atoms with Gasteiger partial charge in [-0.3, -0.25) is 9.59 Å². The number of pyridine rings is 1. The van der Waals surface area contributed by atoms with Crippen LogP contribution in [0.4, 0.5) is 5.69 Å². The molecule has 0 aliphatic rings. The van der Waals surface area contributed by atoms with E-state index < -0.39 is 5.97 Å². The van der Waals surface area contributed by atoms with Gasteiger partial charge in [-0.25, -0.2) is 4.79 Å². The Bertz CT molecular complexity index is 861. The highest BCUT2D eigenvalue weighted by Crippen LogP contribution is 2.22. The summed E-state index contributed by atoms with van der Waals surface area (Å²) >= 11 is 0. The zero-order chi connectivity index (χ0) is 19.3. The molecule has 0 aliphatic heterocycles. The van der Waals surface area contributed by atoms with Gasteiger partial charge in [-0.15, -0.1) is 0 Å². The van der Waals surface area contributed by atoms with Gasteiger partial charge in [0.25, 0.3) is 5.56 Å². The summed E-state index contributed by atoms with van der Waals surface area (Å²) < 4.78 is 6.49. The van der Waals surface area contributed by atoms with Crippen LogP contribution in [0.5, 0.6) is 0 Å². The first-order chi connectivity index (χ1) is 12.3. The molecular weight excluding hydrogens is 332 g/mol. The maximum atomic E-state index is 12.1. The Labute approximate surface area is 152 Å². The van der Waals surface area contributed by atoms with Gasteiger partial charge in [-0.05, 0) is 44.4 Å². The second-order valence-electron chi connectivity index (χ2n) is 6.43. The Morgan fingerprint density at radius 1 is 1.12 bits per heavy atom. The minimum absolute atomic E-state index is 0.118. The molecule has 0 radical (unpaired) electrons. The average molecular weight is 356 g/mol. The number of benzene rings is 1. The molecule has 0 fully saturated rings. The molecule has 2 rings (SSSR count). The summed E-state index contributed by atoms with van der Waals surface area (Å²) in [5, 5.41) is 2.92. The summed E-state index contributed by atoms with van der Waals surface area (Å²) in [7, 11) is 1.60. The predicted molar refractivity (Wildman–Crippen MR) is 100 cm³/mol. The minimum Gasteiger partial charge on any atom is -0.462 e. The number of anilines is 1. The second kappa shape index (κ2) is 8.47. The van der Waals surface area contributed by atoms with Gasteiger partial charge in [-0.2, -0.15) is 0 Å². The number of amides is 1. The van der Waals surface area contributed by atoms with Crippen molar-refractivity contribution < 1.29 is 14.3 Å². The quantitative estimate of drug-likeness (QED) is 0.638. The van der Waals surface area contributed by atoms with Gasteiger partial charge in [0.2, 0.25) is 5.91 Å². The average Bonchev–Trinajstić information content (AvgIpc) is 2.57. The fourth-order valence-electron chi connectivity index (χ4n) is 2.74. The number of carbonyl (C=O) groups excluding carboxylic acids is 2. The van der Waals surface area contributed by atoms with Gasteiger partial charge < -0.3 is 14.6 Å². The molecule has 2 aromatic rings. The molecule has 6 nitrogen and oxygen atoms in total. The number of hydrogen-bond donors (Lipinski definition) is 1. The summed E-state index contributed by atoms with van der Waals surface area (Å²) in [4.78, 5) is 35.5. The van der Waals surface area contributed by atoms with Crippen LogP contribution in [0.2, 0.25) is 0 Å². The molecule has 0 saturated heterocycles. The van der Waals surface area contributed by atoms with Gasteiger partial charge in [0, 0.05) is 31.4 Å². The van der Waals surface area contributed by atoms with E-state index in [1.54, 1.807) is 7.05 Å². The fourth-order valence-corrected chi connectivity index (χ4v) is 2.74. The first kappa shape index (κ1) is 19.4. The summed E-state index contributed by atoms with van der Waals surface area (Å²) in [6.45, 7) is 6.05. The molecule has 0 bridgehead atoms. The topological polar surface area (TPSA) is 77.4 Å². The van der Waals surface area contributed by atoms with Gasteiger partial charge in [0.05, 0.1) is 12.2 Å². The van der Waals surface area contributed by atoms with Crippen molar-refractivity contribution in [3.63, 3.8) is 0 Å². The van der Waals surface area contributed by atoms with Crippen molar-refractivity contribution in [2.75, 3.05) is 11.9 Å². The van der Waals surface area contributed by atoms with E-state index in [9.17, 15) is 14.4 Å². The molecular formula is C20H24N2O4. The molecule has 26 heavy (non-hydrogen) atoms.